The maximum absolute atomic E-state index is 12.6. The second-order valence-electron chi connectivity index (χ2n) is 4.44. The number of hydrogen-bond acceptors (Lipinski definition) is 2. The second-order valence-corrected chi connectivity index (χ2v) is 4.44. The van der Waals surface area contributed by atoms with E-state index in [0.29, 0.717) is 5.75 Å². The van der Waals surface area contributed by atoms with Crippen molar-refractivity contribution in [3.05, 3.63) is 59.2 Å². The van der Waals surface area contributed by atoms with Crippen LogP contribution in [-0.2, 0) is 12.7 Å². The van der Waals surface area contributed by atoms with Gasteiger partial charge in [0.15, 0.2) is 0 Å². The molecule has 0 atom stereocenters. The van der Waals surface area contributed by atoms with Crippen molar-refractivity contribution in [2.24, 2.45) is 5.73 Å². The molecule has 0 spiro atoms. The predicted octanol–water partition coefficient (Wildman–Crippen LogP) is 4.26. The Morgan fingerprint density at radius 1 is 1.10 bits per heavy atom. The largest absolute Gasteiger partial charge is 0.457 e. The Kier molecular flexibility index (Phi) is 3.99. The molecule has 0 saturated heterocycles. The zero-order valence-electron chi connectivity index (χ0n) is 10.9. The molecule has 20 heavy (non-hydrogen) atoms. The van der Waals surface area contributed by atoms with E-state index in [9.17, 15) is 13.2 Å². The molecule has 0 unspecified atom stereocenters. The van der Waals surface area contributed by atoms with E-state index >= 15 is 0 Å². The van der Waals surface area contributed by atoms with Gasteiger partial charge in [0.05, 0.1) is 5.56 Å². The third kappa shape index (κ3) is 3.30. The topological polar surface area (TPSA) is 35.2 Å². The van der Waals surface area contributed by atoms with Crippen molar-refractivity contribution in [3.8, 4) is 11.5 Å². The molecule has 0 fully saturated rings. The molecule has 2 aromatic carbocycles. The molecule has 2 rings (SSSR count). The van der Waals surface area contributed by atoms with Gasteiger partial charge in [-0.1, -0.05) is 18.2 Å². The SMILES string of the molecule is Cc1ccc(CN)c(Oc2cccc(C(F)(F)F)c2)c1. The summed E-state index contributed by atoms with van der Waals surface area (Å²) in [7, 11) is 0. The number of ether oxygens (including phenoxy) is 1. The lowest BCUT2D eigenvalue weighted by molar-refractivity contribution is -0.137. The molecule has 0 aliphatic rings. The molecule has 0 amide bonds. The molecule has 0 radical (unpaired) electrons. The fourth-order valence-electron chi connectivity index (χ4n) is 1.79. The van der Waals surface area contributed by atoms with Crippen LogP contribution in [0.1, 0.15) is 16.7 Å². The van der Waals surface area contributed by atoms with Crippen LogP contribution in [0.25, 0.3) is 0 Å². The average Bonchev–Trinajstić information content (AvgIpc) is 2.38. The predicted molar refractivity (Wildman–Crippen MR) is 70.6 cm³/mol. The highest BCUT2D eigenvalue weighted by Crippen LogP contribution is 2.33. The van der Waals surface area contributed by atoms with E-state index in [1.807, 2.05) is 13.0 Å². The lowest BCUT2D eigenvalue weighted by Gasteiger charge is -2.13. The normalized spacial score (nSPS) is 11.4. The molecule has 2 N–H and O–H groups in total. The molecule has 0 heterocycles. The van der Waals surface area contributed by atoms with Crippen LogP contribution in [0, 0.1) is 6.92 Å². The van der Waals surface area contributed by atoms with Gasteiger partial charge in [0.2, 0.25) is 0 Å². The minimum Gasteiger partial charge on any atom is -0.457 e. The number of aryl methyl sites for hydroxylation is 1. The third-order valence-electron chi connectivity index (χ3n) is 2.83. The minimum absolute atomic E-state index is 0.139. The van der Waals surface area contributed by atoms with E-state index in [-0.39, 0.29) is 12.3 Å². The Hall–Kier alpha value is -2.01. The van der Waals surface area contributed by atoms with E-state index < -0.39 is 11.7 Å². The van der Waals surface area contributed by atoms with E-state index in [1.165, 1.54) is 12.1 Å². The van der Waals surface area contributed by atoms with Crippen molar-refractivity contribution in [1.82, 2.24) is 0 Å². The quantitative estimate of drug-likeness (QED) is 0.912. The first-order chi connectivity index (χ1) is 9.40. The van der Waals surface area contributed by atoms with Gasteiger partial charge in [-0.2, -0.15) is 13.2 Å². The smallest absolute Gasteiger partial charge is 0.416 e. The minimum atomic E-state index is -4.39. The fraction of sp³-hybridized carbons (Fsp3) is 0.200. The van der Waals surface area contributed by atoms with Crippen molar-refractivity contribution in [1.29, 1.82) is 0 Å². The molecule has 0 aliphatic heterocycles. The molecule has 0 saturated carbocycles. The van der Waals surface area contributed by atoms with Crippen LogP contribution >= 0.6 is 0 Å². The first kappa shape index (κ1) is 14.4. The molecule has 106 valence electrons. The van der Waals surface area contributed by atoms with Gasteiger partial charge in [-0.05, 0) is 36.8 Å². The molecule has 0 aromatic heterocycles. The summed E-state index contributed by atoms with van der Waals surface area (Å²) in [6.45, 7) is 2.13. The summed E-state index contributed by atoms with van der Waals surface area (Å²) in [6, 6.07) is 10.2. The van der Waals surface area contributed by atoms with Gasteiger partial charge in [0.1, 0.15) is 11.5 Å². The van der Waals surface area contributed by atoms with Gasteiger partial charge >= 0.3 is 6.18 Å². The lowest BCUT2D eigenvalue weighted by atomic mass is 10.1. The highest BCUT2D eigenvalue weighted by Gasteiger charge is 2.30. The van der Waals surface area contributed by atoms with Crippen molar-refractivity contribution in [3.63, 3.8) is 0 Å². The maximum atomic E-state index is 12.6. The summed E-state index contributed by atoms with van der Waals surface area (Å²) in [6.07, 6.45) is -4.39. The van der Waals surface area contributed by atoms with E-state index in [2.05, 4.69) is 0 Å². The van der Waals surface area contributed by atoms with E-state index in [0.717, 1.165) is 23.3 Å². The highest BCUT2D eigenvalue weighted by atomic mass is 19.4. The number of rotatable bonds is 3. The van der Waals surface area contributed by atoms with Gasteiger partial charge in [-0.15, -0.1) is 0 Å². The second kappa shape index (κ2) is 5.54. The van der Waals surface area contributed by atoms with Gasteiger partial charge in [0, 0.05) is 12.1 Å². The number of nitrogens with two attached hydrogens (primary N) is 1. The first-order valence-corrected chi connectivity index (χ1v) is 6.05. The van der Waals surface area contributed by atoms with Crippen LogP contribution < -0.4 is 10.5 Å². The van der Waals surface area contributed by atoms with Gasteiger partial charge < -0.3 is 10.5 Å². The van der Waals surface area contributed by atoms with Crippen molar-refractivity contribution < 1.29 is 17.9 Å². The van der Waals surface area contributed by atoms with Gasteiger partial charge in [-0.3, -0.25) is 0 Å². The molecule has 0 aliphatic carbocycles. The Labute approximate surface area is 115 Å². The number of halogens is 3. The maximum Gasteiger partial charge on any atom is 0.416 e. The molecule has 0 bridgehead atoms. The molecular formula is C15H14F3NO. The summed E-state index contributed by atoms with van der Waals surface area (Å²) < 4.78 is 43.5. The summed E-state index contributed by atoms with van der Waals surface area (Å²) in [5, 5.41) is 0. The van der Waals surface area contributed by atoms with Crippen molar-refractivity contribution >= 4 is 0 Å². The van der Waals surface area contributed by atoms with Crippen molar-refractivity contribution in [2.75, 3.05) is 0 Å². The average molecular weight is 281 g/mol. The number of alkyl halides is 3. The number of benzene rings is 2. The van der Waals surface area contributed by atoms with Gasteiger partial charge in [0.25, 0.3) is 0 Å². The lowest BCUT2D eigenvalue weighted by Crippen LogP contribution is -2.05. The summed E-state index contributed by atoms with van der Waals surface area (Å²) in [5.41, 5.74) is 6.55. The molecule has 2 aromatic rings. The Morgan fingerprint density at radius 2 is 1.85 bits per heavy atom. The fourth-order valence-corrected chi connectivity index (χ4v) is 1.79. The highest BCUT2D eigenvalue weighted by molar-refractivity contribution is 5.41. The van der Waals surface area contributed by atoms with Crippen LogP contribution in [-0.4, -0.2) is 0 Å². The van der Waals surface area contributed by atoms with Crippen LogP contribution in [0.5, 0.6) is 11.5 Å². The number of hydrogen-bond donors (Lipinski definition) is 1. The van der Waals surface area contributed by atoms with E-state index in [4.69, 9.17) is 10.5 Å². The first-order valence-electron chi connectivity index (χ1n) is 6.05. The zero-order chi connectivity index (χ0) is 14.8. The monoisotopic (exact) mass is 281 g/mol. The molecule has 2 nitrogen and oxygen atoms in total. The molecular weight excluding hydrogens is 267 g/mol. The third-order valence-corrected chi connectivity index (χ3v) is 2.83. The molecule has 5 heteroatoms. The zero-order valence-corrected chi connectivity index (χ0v) is 10.9. The van der Waals surface area contributed by atoms with Crippen LogP contribution in [0.4, 0.5) is 13.2 Å². The van der Waals surface area contributed by atoms with Crippen LogP contribution in [0.15, 0.2) is 42.5 Å². The van der Waals surface area contributed by atoms with Gasteiger partial charge in [-0.25, -0.2) is 0 Å². The van der Waals surface area contributed by atoms with Crippen LogP contribution in [0.3, 0.4) is 0 Å². The summed E-state index contributed by atoms with van der Waals surface area (Å²) >= 11 is 0. The Balaban J connectivity index is 2.33. The standard InChI is InChI=1S/C15H14F3NO/c1-10-5-6-11(9-19)14(7-10)20-13-4-2-3-12(8-13)15(16,17)18/h2-8H,9,19H2,1H3. The van der Waals surface area contributed by atoms with E-state index in [1.54, 1.807) is 12.1 Å². The Morgan fingerprint density at radius 3 is 2.50 bits per heavy atom. The summed E-state index contributed by atoms with van der Waals surface area (Å²) in [4.78, 5) is 0. The van der Waals surface area contributed by atoms with Crippen LogP contribution in [0.2, 0.25) is 0 Å². The van der Waals surface area contributed by atoms with Crippen molar-refractivity contribution in [2.45, 2.75) is 19.6 Å². The Bertz CT molecular complexity index is 608. The summed E-state index contributed by atoms with van der Waals surface area (Å²) in [5.74, 6) is 0.618.